The maximum Gasteiger partial charge on any atom is 0.308 e. The lowest BCUT2D eigenvalue weighted by atomic mass is 9.86. The van der Waals surface area contributed by atoms with Gasteiger partial charge in [0.2, 0.25) is 0 Å². The van der Waals surface area contributed by atoms with Gasteiger partial charge in [-0.05, 0) is 23.8 Å². The highest BCUT2D eigenvalue weighted by Crippen LogP contribution is 2.26. The lowest BCUT2D eigenvalue weighted by Gasteiger charge is -2.32. The maximum absolute atomic E-state index is 12.9. The quantitative estimate of drug-likeness (QED) is 0.633. The summed E-state index contributed by atoms with van der Waals surface area (Å²) in [5.74, 6) is -0.389. The summed E-state index contributed by atoms with van der Waals surface area (Å²) in [6, 6.07) is 11.4. The van der Waals surface area contributed by atoms with Crippen LogP contribution in [-0.2, 0) is 16.6 Å². The Hall–Kier alpha value is -3.22. The first kappa shape index (κ1) is 21.0. The van der Waals surface area contributed by atoms with Crippen molar-refractivity contribution in [3.63, 3.8) is 0 Å². The van der Waals surface area contributed by atoms with Crippen LogP contribution in [0.2, 0.25) is 0 Å². The molecule has 162 valence electrons. The molecule has 3 aromatic rings. The normalized spacial score (nSPS) is 17.1. The molecular formula is C24H28N4O3. The zero-order valence-electron chi connectivity index (χ0n) is 18.2. The van der Waals surface area contributed by atoms with Crippen LogP contribution in [0, 0.1) is 5.92 Å². The summed E-state index contributed by atoms with van der Waals surface area (Å²) in [6.07, 6.45) is 3.33. The lowest BCUT2D eigenvalue weighted by molar-refractivity contribution is -0.141. The molecule has 0 saturated carbocycles. The van der Waals surface area contributed by atoms with Gasteiger partial charge in [0.1, 0.15) is 5.82 Å². The summed E-state index contributed by atoms with van der Waals surface area (Å²) in [5.41, 5.74) is 3.19. The third-order valence-corrected chi connectivity index (χ3v) is 5.90. The number of rotatable bonds is 5. The summed E-state index contributed by atoms with van der Waals surface area (Å²) in [5, 5.41) is 13.8. The van der Waals surface area contributed by atoms with Crippen molar-refractivity contribution >= 4 is 23.2 Å². The fraction of sp³-hybridized carbons (Fsp3) is 0.417. The Balaban J connectivity index is 1.60. The molecule has 0 aliphatic carbocycles. The van der Waals surface area contributed by atoms with Crippen LogP contribution in [0.5, 0.6) is 0 Å². The molecule has 1 fully saturated rings. The molecule has 1 atom stereocenters. The Labute approximate surface area is 181 Å². The fourth-order valence-corrected chi connectivity index (χ4v) is 4.07. The van der Waals surface area contributed by atoms with E-state index in [0.717, 1.165) is 18.8 Å². The second kappa shape index (κ2) is 8.13. The molecule has 4 rings (SSSR count). The van der Waals surface area contributed by atoms with Gasteiger partial charge in [0.05, 0.1) is 24.2 Å². The van der Waals surface area contributed by atoms with Gasteiger partial charge in [-0.3, -0.25) is 9.59 Å². The van der Waals surface area contributed by atoms with Crippen molar-refractivity contribution in [3.05, 3.63) is 59.4 Å². The van der Waals surface area contributed by atoms with Gasteiger partial charge in [0.25, 0.3) is 0 Å². The molecule has 0 spiro atoms. The lowest BCUT2D eigenvalue weighted by Crippen LogP contribution is -2.39. The molecule has 1 N–H and O–H groups in total. The van der Waals surface area contributed by atoms with Gasteiger partial charge in [-0.15, -0.1) is 0 Å². The zero-order valence-corrected chi connectivity index (χ0v) is 18.2. The number of carbonyl (C=O) groups is 2. The van der Waals surface area contributed by atoms with Crippen LogP contribution in [-0.4, -0.2) is 44.5 Å². The number of hydrogen-bond acceptors (Lipinski definition) is 5. The molecular weight excluding hydrogens is 392 g/mol. The summed E-state index contributed by atoms with van der Waals surface area (Å²) >= 11 is 0. The molecule has 1 unspecified atom stereocenters. The van der Waals surface area contributed by atoms with E-state index in [4.69, 9.17) is 0 Å². The summed E-state index contributed by atoms with van der Waals surface area (Å²) < 4.78 is 1.72. The average molecular weight is 421 g/mol. The van der Waals surface area contributed by atoms with Gasteiger partial charge in [-0.1, -0.05) is 45.0 Å². The van der Waals surface area contributed by atoms with E-state index in [2.05, 4.69) is 30.9 Å². The number of ketones is 1. The Kier molecular flexibility index (Phi) is 5.52. The van der Waals surface area contributed by atoms with E-state index in [1.54, 1.807) is 16.8 Å². The highest BCUT2D eigenvalue weighted by molar-refractivity contribution is 5.97. The van der Waals surface area contributed by atoms with Crippen LogP contribution in [0.15, 0.2) is 42.6 Å². The number of piperidine rings is 1. The summed E-state index contributed by atoms with van der Waals surface area (Å²) in [6.45, 7) is 7.61. The van der Waals surface area contributed by atoms with E-state index in [-0.39, 0.29) is 17.6 Å². The van der Waals surface area contributed by atoms with Crippen molar-refractivity contribution in [3.8, 4) is 0 Å². The summed E-state index contributed by atoms with van der Waals surface area (Å²) in [4.78, 5) is 31.1. The van der Waals surface area contributed by atoms with Crippen LogP contribution in [0.25, 0.3) is 5.65 Å². The number of carboxylic acid groups (broad SMARTS) is 1. The number of carbonyl (C=O) groups excluding carboxylic acids is 1. The van der Waals surface area contributed by atoms with Crippen LogP contribution < -0.4 is 4.90 Å². The predicted molar refractivity (Wildman–Crippen MR) is 119 cm³/mol. The van der Waals surface area contributed by atoms with Gasteiger partial charge >= 0.3 is 5.97 Å². The van der Waals surface area contributed by atoms with Gasteiger partial charge in [0, 0.05) is 30.8 Å². The van der Waals surface area contributed by atoms with Crippen LogP contribution in [0.4, 0.5) is 5.82 Å². The molecule has 2 aromatic heterocycles. The number of nitrogens with zero attached hydrogens (tertiary/aromatic N) is 4. The number of aliphatic carboxylic acids is 1. The highest BCUT2D eigenvalue weighted by Gasteiger charge is 2.27. The molecule has 1 saturated heterocycles. The Morgan fingerprint density at radius 1 is 1.16 bits per heavy atom. The van der Waals surface area contributed by atoms with Crippen molar-refractivity contribution in [2.75, 3.05) is 18.0 Å². The number of anilines is 1. The smallest absolute Gasteiger partial charge is 0.308 e. The first-order valence-electron chi connectivity index (χ1n) is 10.7. The Bertz CT molecular complexity index is 1110. The third kappa shape index (κ3) is 4.45. The van der Waals surface area contributed by atoms with Crippen molar-refractivity contribution in [2.45, 2.75) is 45.4 Å². The highest BCUT2D eigenvalue weighted by atomic mass is 16.4. The first-order chi connectivity index (χ1) is 14.7. The molecule has 0 radical (unpaired) electrons. The number of carboxylic acids is 1. The van der Waals surface area contributed by atoms with Crippen molar-refractivity contribution in [2.24, 2.45) is 5.92 Å². The van der Waals surface area contributed by atoms with Crippen LogP contribution >= 0.6 is 0 Å². The summed E-state index contributed by atoms with van der Waals surface area (Å²) in [7, 11) is 0. The van der Waals surface area contributed by atoms with Gasteiger partial charge in [-0.25, -0.2) is 4.98 Å². The second-order valence-electron chi connectivity index (χ2n) is 9.26. The van der Waals surface area contributed by atoms with E-state index in [9.17, 15) is 14.7 Å². The predicted octanol–water partition coefficient (Wildman–Crippen LogP) is 3.75. The zero-order chi connectivity index (χ0) is 22.2. The number of aromatic nitrogens is 3. The van der Waals surface area contributed by atoms with Crippen molar-refractivity contribution in [1.29, 1.82) is 0 Å². The minimum Gasteiger partial charge on any atom is -0.481 e. The standard InChI is InChI=1S/C24H28N4O3/c1-24(2,3)18-8-6-16(7-9-18)20(29)13-19-14-22(28-21(26-19)10-11-25-28)27-12-4-5-17(15-27)23(30)31/h6-11,14,17H,4-5,12-13,15H2,1-3H3,(H,30,31). The third-order valence-electron chi connectivity index (χ3n) is 5.90. The van der Waals surface area contributed by atoms with E-state index >= 15 is 0 Å². The molecule has 0 bridgehead atoms. The molecule has 31 heavy (non-hydrogen) atoms. The maximum atomic E-state index is 12.9. The number of fused-ring (bicyclic) bond motifs is 1. The molecule has 0 amide bonds. The topological polar surface area (TPSA) is 87.8 Å². The Morgan fingerprint density at radius 2 is 1.90 bits per heavy atom. The molecule has 1 aliphatic heterocycles. The molecule has 7 nitrogen and oxygen atoms in total. The molecule has 1 aromatic carbocycles. The number of Topliss-reactive ketones (excluding diaryl/α,β-unsaturated/α-hetero) is 1. The van der Waals surface area contributed by atoms with E-state index in [1.165, 1.54) is 5.56 Å². The minimum absolute atomic E-state index is 0.00447. The van der Waals surface area contributed by atoms with E-state index < -0.39 is 11.9 Å². The van der Waals surface area contributed by atoms with Gasteiger partial charge in [-0.2, -0.15) is 9.61 Å². The van der Waals surface area contributed by atoms with Crippen molar-refractivity contribution < 1.29 is 14.7 Å². The van der Waals surface area contributed by atoms with Crippen LogP contribution in [0.1, 0.15) is 55.2 Å². The van der Waals surface area contributed by atoms with Crippen LogP contribution in [0.3, 0.4) is 0 Å². The molecule has 7 heteroatoms. The van der Waals surface area contributed by atoms with Crippen molar-refractivity contribution in [1.82, 2.24) is 14.6 Å². The fourth-order valence-electron chi connectivity index (χ4n) is 4.07. The minimum atomic E-state index is -0.774. The molecule has 3 heterocycles. The first-order valence-corrected chi connectivity index (χ1v) is 10.7. The van der Waals surface area contributed by atoms with Gasteiger partial charge in [0.15, 0.2) is 11.4 Å². The van der Waals surface area contributed by atoms with E-state index in [1.807, 2.05) is 35.2 Å². The second-order valence-corrected chi connectivity index (χ2v) is 9.26. The Morgan fingerprint density at radius 3 is 2.58 bits per heavy atom. The SMILES string of the molecule is CC(C)(C)c1ccc(C(=O)Cc2cc(N3CCCC(C(=O)O)C3)n3nccc3n2)cc1. The van der Waals surface area contributed by atoms with E-state index in [0.29, 0.717) is 29.9 Å². The monoisotopic (exact) mass is 420 g/mol. The van der Waals surface area contributed by atoms with Gasteiger partial charge < -0.3 is 10.0 Å². The molecule has 1 aliphatic rings. The largest absolute Gasteiger partial charge is 0.481 e. The number of benzene rings is 1. The average Bonchev–Trinajstić information content (AvgIpc) is 3.21. The number of hydrogen-bond donors (Lipinski definition) is 1.